The molecule has 2 heterocycles. The fourth-order valence-corrected chi connectivity index (χ4v) is 4.91. The first-order chi connectivity index (χ1) is 18.9. The third-order valence-corrected chi connectivity index (χ3v) is 7.21. The molecule has 8 heteroatoms. The fourth-order valence-electron chi connectivity index (χ4n) is 4.91. The van der Waals surface area contributed by atoms with Crippen LogP contribution in [0.1, 0.15) is 53.5 Å². The summed E-state index contributed by atoms with van der Waals surface area (Å²) >= 11 is 0. The monoisotopic (exact) mass is 559 g/mol. The summed E-state index contributed by atoms with van der Waals surface area (Å²) in [4.78, 5) is 33.0. The van der Waals surface area contributed by atoms with Crippen LogP contribution in [-0.4, -0.2) is 71.1 Å². The van der Waals surface area contributed by atoms with E-state index >= 15 is 0 Å². The van der Waals surface area contributed by atoms with Crippen molar-refractivity contribution >= 4 is 51.4 Å². The Morgan fingerprint density at radius 3 is 2.27 bits per heavy atom. The van der Waals surface area contributed by atoms with Gasteiger partial charge in [0.15, 0.2) is 5.82 Å². The van der Waals surface area contributed by atoms with Crippen LogP contribution in [-0.2, 0) is 12.8 Å². The van der Waals surface area contributed by atoms with Gasteiger partial charge in [-0.15, -0.1) is 0 Å². The first-order valence-corrected chi connectivity index (χ1v) is 13.3. The Bertz CT molecular complexity index is 1750. The SMILES string of the molecule is CCCCc1nc(C)n(-c2ccc(C)c(C)c2)c(=O)c1Cc1ccc(-c2ccccc2-c2noc(=O)[nH]2)cc1.[K]. The van der Waals surface area contributed by atoms with Crippen molar-refractivity contribution < 1.29 is 4.52 Å². The van der Waals surface area contributed by atoms with Gasteiger partial charge in [-0.05, 0) is 73.6 Å². The number of aromatic nitrogens is 4. The number of unbranched alkanes of at least 4 members (excludes halogenated alkanes) is 1. The third kappa shape index (κ3) is 6.37. The molecule has 5 rings (SSSR count). The quantitative estimate of drug-likeness (QED) is 0.246. The Morgan fingerprint density at radius 1 is 0.900 bits per heavy atom. The minimum Gasteiger partial charge on any atom is -0.296 e. The van der Waals surface area contributed by atoms with Gasteiger partial charge in [-0.1, -0.05) is 73.1 Å². The normalized spacial score (nSPS) is 10.9. The molecule has 0 saturated carbocycles. The molecular weight excluding hydrogens is 527 g/mol. The van der Waals surface area contributed by atoms with Crippen molar-refractivity contribution in [2.45, 2.75) is 53.4 Å². The molecule has 0 unspecified atom stereocenters. The predicted molar refractivity (Wildman–Crippen MR) is 159 cm³/mol. The first kappa shape index (κ1) is 30.1. The molecule has 40 heavy (non-hydrogen) atoms. The Kier molecular flexibility index (Phi) is 9.92. The molecule has 0 fully saturated rings. The average molecular weight is 560 g/mol. The molecule has 5 aromatic rings. The molecule has 0 aliphatic rings. The molecule has 0 bridgehead atoms. The summed E-state index contributed by atoms with van der Waals surface area (Å²) in [7, 11) is 0. The van der Waals surface area contributed by atoms with Crippen molar-refractivity contribution in [1.29, 1.82) is 0 Å². The van der Waals surface area contributed by atoms with Crippen molar-refractivity contribution in [3.8, 4) is 28.2 Å². The molecule has 1 radical (unpaired) electrons. The van der Waals surface area contributed by atoms with E-state index in [1.807, 2.05) is 67.6 Å². The van der Waals surface area contributed by atoms with Crippen molar-refractivity contribution in [3.05, 3.63) is 121 Å². The zero-order valence-electron chi connectivity index (χ0n) is 23.7. The van der Waals surface area contributed by atoms with Crippen LogP contribution in [0.15, 0.2) is 80.8 Å². The average Bonchev–Trinajstić information content (AvgIpc) is 3.37. The molecule has 0 amide bonds. The standard InChI is InChI=1S/C32H32N4O3.K/c1-5-6-11-29-28(31(37)36(22(4)33-29)25-17-12-20(2)21(3)18-25)19-23-13-15-24(16-14-23)26-9-7-8-10-27(26)30-34-32(38)39-35-30;/h7-10,12-18H,5-6,11,19H2,1-4H3,(H,34,35,38);. The molecule has 0 saturated heterocycles. The van der Waals surface area contributed by atoms with Crippen LogP contribution < -0.4 is 11.3 Å². The molecule has 0 spiro atoms. The van der Waals surface area contributed by atoms with Gasteiger partial charge >= 0.3 is 5.76 Å². The van der Waals surface area contributed by atoms with Crippen LogP contribution in [0.2, 0.25) is 0 Å². The van der Waals surface area contributed by atoms with Crippen molar-refractivity contribution in [3.63, 3.8) is 0 Å². The fraction of sp³-hybridized carbons (Fsp3) is 0.250. The Morgan fingerprint density at radius 2 is 1.62 bits per heavy atom. The number of rotatable bonds is 8. The van der Waals surface area contributed by atoms with Gasteiger partial charge in [-0.2, -0.15) is 0 Å². The summed E-state index contributed by atoms with van der Waals surface area (Å²) in [6, 6.07) is 21.9. The van der Waals surface area contributed by atoms with Gasteiger partial charge < -0.3 is 0 Å². The number of aromatic amines is 1. The second-order valence-corrected chi connectivity index (χ2v) is 9.96. The summed E-state index contributed by atoms with van der Waals surface area (Å²) in [6.07, 6.45) is 3.28. The molecule has 199 valence electrons. The second kappa shape index (κ2) is 13.2. The maximum Gasteiger partial charge on any atom is 0.439 e. The van der Waals surface area contributed by atoms with E-state index in [0.29, 0.717) is 18.1 Å². The topological polar surface area (TPSA) is 93.8 Å². The molecular formula is C32H32KN4O3. The maximum atomic E-state index is 13.9. The van der Waals surface area contributed by atoms with E-state index in [0.717, 1.165) is 64.0 Å². The van der Waals surface area contributed by atoms with E-state index in [4.69, 9.17) is 9.51 Å². The van der Waals surface area contributed by atoms with Crippen molar-refractivity contribution in [2.24, 2.45) is 0 Å². The zero-order chi connectivity index (χ0) is 27.5. The Hall–Kier alpha value is -2.88. The summed E-state index contributed by atoms with van der Waals surface area (Å²) in [5.41, 5.74) is 8.47. The molecule has 1 N–H and O–H groups in total. The molecule has 3 aromatic carbocycles. The summed E-state index contributed by atoms with van der Waals surface area (Å²) in [6.45, 7) is 8.18. The number of benzene rings is 3. The molecule has 0 atom stereocenters. The van der Waals surface area contributed by atoms with Crippen molar-refractivity contribution in [1.82, 2.24) is 19.7 Å². The van der Waals surface area contributed by atoms with Gasteiger partial charge in [0.2, 0.25) is 0 Å². The third-order valence-electron chi connectivity index (χ3n) is 7.21. The minimum absolute atomic E-state index is 0. The summed E-state index contributed by atoms with van der Waals surface area (Å²) < 4.78 is 6.45. The van der Waals surface area contributed by atoms with Crippen LogP contribution in [0.3, 0.4) is 0 Å². The van der Waals surface area contributed by atoms with Gasteiger partial charge in [0.25, 0.3) is 5.56 Å². The van der Waals surface area contributed by atoms with Crippen LogP contribution in [0, 0.1) is 20.8 Å². The summed E-state index contributed by atoms with van der Waals surface area (Å²) in [5, 5.41) is 3.85. The molecule has 7 nitrogen and oxygen atoms in total. The van der Waals surface area contributed by atoms with E-state index in [1.165, 1.54) is 5.56 Å². The first-order valence-electron chi connectivity index (χ1n) is 13.3. The van der Waals surface area contributed by atoms with Crippen LogP contribution in [0.5, 0.6) is 0 Å². The molecule has 2 aromatic heterocycles. The number of nitrogens with one attached hydrogen (secondary N) is 1. The minimum atomic E-state index is -0.591. The number of hydrogen-bond donors (Lipinski definition) is 1. The predicted octanol–water partition coefficient (Wildman–Crippen LogP) is 5.72. The molecule has 0 aliphatic heterocycles. The van der Waals surface area contributed by atoms with E-state index < -0.39 is 5.76 Å². The van der Waals surface area contributed by atoms with E-state index in [9.17, 15) is 9.59 Å². The largest absolute Gasteiger partial charge is 0.439 e. The zero-order valence-corrected chi connectivity index (χ0v) is 26.9. The molecule has 0 aliphatic carbocycles. The van der Waals surface area contributed by atoms with Gasteiger partial charge in [-0.3, -0.25) is 18.9 Å². The Balaban J connectivity index is 0.00000370. The van der Waals surface area contributed by atoms with Gasteiger partial charge in [0.1, 0.15) is 5.82 Å². The Labute approximate surface area is 276 Å². The number of nitrogens with zero attached hydrogens (tertiary/aromatic N) is 3. The second-order valence-electron chi connectivity index (χ2n) is 9.96. The summed E-state index contributed by atoms with van der Waals surface area (Å²) in [5.74, 6) is 0.501. The van der Waals surface area contributed by atoms with Crippen LogP contribution in [0.4, 0.5) is 0 Å². The van der Waals surface area contributed by atoms with E-state index in [2.05, 4.69) is 37.0 Å². The van der Waals surface area contributed by atoms with Crippen molar-refractivity contribution in [2.75, 3.05) is 0 Å². The van der Waals surface area contributed by atoms with E-state index in [1.54, 1.807) is 4.57 Å². The van der Waals surface area contributed by atoms with E-state index in [-0.39, 0.29) is 56.9 Å². The number of aryl methyl sites for hydroxylation is 4. The van der Waals surface area contributed by atoms with Gasteiger partial charge in [0.05, 0.1) is 11.4 Å². The smallest absolute Gasteiger partial charge is 0.296 e. The number of hydrogen-bond acceptors (Lipinski definition) is 5. The van der Waals surface area contributed by atoms with Crippen LogP contribution >= 0.6 is 0 Å². The number of H-pyrrole nitrogens is 1. The maximum absolute atomic E-state index is 13.9. The van der Waals surface area contributed by atoms with Crippen LogP contribution in [0.25, 0.3) is 28.2 Å². The van der Waals surface area contributed by atoms with Gasteiger partial charge in [-0.25, -0.2) is 9.78 Å². The van der Waals surface area contributed by atoms with Gasteiger partial charge in [0, 0.05) is 68.9 Å².